The van der Waals surface area contributed by atoms with Crippen molar-refractivity contribution in [2.45, 2.75) is 4.34 Å². The van der Waals surface area contributed by atoms with Gasteiger partial charge in [0.15, 0.2) is 4.34 Å². The van der Waals surface area contributed by atoms with Gasteiger partial charge in [-0.2, -0.15) is 0 Å². The molecule has 0 spiro atoms. The number of carbonyl (C=O) groups excluding carboxylic acids is 3. The van der Waals surface area contributed by atoms with Crippen LogP contribution in [0, 0.1) is 0 Å². The van der Waals surface area contributed by atoms with Crippen molar-refractivity contribution < 1.29 is 14.4 Å². The Morgan fingerprint density at radius 2 is 2.00 bits per heavy atom. The highest BCUT2D eigenvalue weighted by Crippen LogP contribution is 2.29. The average molecular weight is 321 g/mol. The summed E-state index contributed by atoms with van der Waals surface area (Å²) in [6, 6.07) is 7.76. The predicted molar refractivity (Wildman–Crippen MR) is 80.1 cm³/mol. The second-order valence-electron chi connectivity index (χ2n) is 4.46. The molecule has 2 heterocycles. The number of hydrogen-bond donors (Lipinski definition) is 1. The minimum absolute atomic E-state index is 0.0645. The lowest BCUT2D eigenvalue weighted by Crippen LogP contribution is -2.53. The molecule has 6 nitrogen and oxygen atoms in total. The van der Waals surface area contributed by atoms with Gasteiger partial charge in [0.2, 0.25) is 17.7 Å². The fraction of sp³-hybridized carbons (Fsp3) is 0.231. The summed E-state index contributed by atoms with van der Waals surface area (Å²) < 4.78 is 1.87. The molecule has 1 aliphatic heterocycles. The molecule has 21 heavy (non-hydrogen) atoms. The summed E-state index contributed by atoms with van der Waals surface area (Å²) >= 11 is 2.85. The number of thioether (sulfide) groups is 1. The first kappa shape index (κ1) is 14.0. The van der Waals surface area contributed by atoms with Crippen LogP contribution in [0.4, 0.5) is 0 Å². The Hall–Kier alpha value is -1.93. The summed E-state index contributed by atoms with van der Waals surface area (Å²) in [5.74, 6) is -0.947. The zero-order chi connectivity index (χ0) is 14.8. The Labute approximate surface area is 128 Å². The second kappa shape index (κ2) is 5.82. The van der Waals surface area contributed by atoms with Crippen LogP contribution in [0.15, 0.2) is 28.6 Å². The Morgan fingerprint density at radius 1 is 1.29 bits per heavy atom. The standard InChI is InChI=1S/C13H11N3O3S2/c17-10-5-16(6-11(18)15-10)12(19)7-20-13-14-8-3-1-2-4-9(8)21-13/h1-4H,5-7H2,(H,15,17,18). The van der Waals surface area contributed by atoms with Crippen LogP contribution in [0.3, 0.4) is 0 Å². The quantitative estimate of drug-likeness (QED) is 0.670. The van der Waals surface area contributed by atoms with Crippen LogP contribution in [-0.4, -0.2) is 46.4 Å². The van der Waals surface area contributed by atoms with Gasteiger partial charge in [0.25, 0.3) is 0 Å². The lowest BCUT2D eigenvalue weighted by atomic mass is 10.3. The summed E-state index contributed by atoms with van der Waals surface area (Å²) in [6.07, 6.45) is 0. The molecule has 3 amide bonds. The SMILES string of the molecule is O=C1CN(C(=O)CSc2nc3ccccc3s2)CC(=O)N1. The van der Waals surface area contributed by atoms with Gasteiger partial charge in [-0.3, -0.25) is 19.7 Å². The highest BCUT2D eigenvalue weighted by atomic mass is 32.2. The molecule has 1 saturated heterocycles. The van der Waals surface area contributed by atoms with Crippen molar-refractivity contribution in [2.75, 3.05) is 18.8 Å². The van der Waals surface area contributed by atoms with Crippen LogP contribution in [0.1, 0.15) is 0 Å². The highest BCUT2D eigenvalue weighted by molar-refractivity contribution is 8.01. The molecule has 1 aliphatic rings. The van der Waals surface area contributed by atoms with E-state index in [9.17, 15) is 14.4 Å². The molecule has 0 aliphatic carbocycles. The highest BCUT2D eigenvalue weighted by Gasteiger charge is 2.26. The number of piperazine rings is 1. The van der Waals surface area contributed by atoms with Gasteiger partial charge in [0.05, 0.1) is 16.0 Å². The first-order valence-electron chi connectivity index (χ1n) is 6.20. The number of amides is 3. The fourth-order valence-electron chi connectivity index (χ4n) is 1.94. The van der Waals surface area contributed by atoms with Gasteiger partial charge in [-0.05, 0) is 12.1 Å². The van der Waals surface area contributed by atoms with Gasteiger partial charge in [0.1, 0.15) is 13.1 Å². The molecule has 1 fully saturated rings. The van der Waals surface area contributed by atoms with Crippen molar-refractivity contribution in [2.24, 2.45) is 0 Å². The second-order valence-corrected chi connectivity index (χ2v) is 6.71. The first-order chi connectivity index (χ1) is 10.1. The topological polar surface area (TPSA) is 79.4 Å². The molecule has 0 saturated carbocycles. The molecule has 8 heteroatoms. The number of nitrogens with zero attached hydrogens (tertiary/aromatic N) is 2. The van der Waals surface area contributed by atoms with Crippen LogP contribution >= 0.6 is 23.1 Å². The molecule has 0 radical (unpaired) electrons. The Balaban J connectivity index is 1.62. The molecule has 1 aromatic heterocycles. The van der Waals surface area contributed by atoms with E-state index in [0.717, 1.165) is 14.6 Å². The minimum Gasteiger partial charge on any atom is -0.323 e. The number of nitrogens with one attached hydrogen (secondary N) is 1. The molecule has 1 aromatic carbocycles. The third-order valence-electron chi connectivity index (χ3n) is 2.89. The van der Waals surface area contributed by atoms with E-state index in [1.54, 1.807) is 0 Å². The van der Waals surface area contributed by atoms with E-state index in [0.29, 0.717) is 0 Å². The average Bonchev–Trinajstić information content (AvgIpc) is 2.86. The summed E-state index contributed by atoms with van der Waals surface area (Å²) in [5.41, 5.74) is 0.907. The van der Waals surface area contributed by atoms with Crippen LogP contribution in [0.5, 0.6) is 0 Å². The maximum Gasteiger partial charge on any atom is 0.246 e. The van der Waals surface area contributed by atoms with Gasteiger partial charge in [-0.25, -0.2) is 4.98 Å². The van der Waals surface area contributed by atoms with Crippen molar-refractivity contribution in [3.63, 3.8) is 0 Å². The number of imide groups is 1. The largest absolute Gasteiger partial charge is 0.323 e. The third-order valence-corrected chi connectivity index (χ3v) is 5.06. The van der Waals surface area contributed by atoms with Crippen molar-refractivity contribution in [3.8, 4) is 0 Å². The predicted octanol–water partition coefficient (Wildman–Crippen LogP) is 0.873. The first-order valence-corrected chi connectivity index (χ1v) is 8.01. The number of carbonyl (C=O) groups is 3. The number of thiazole rings is 1. The van der Waals surface area contributed by atoms with Gasteiger partial charge in [-0.1, -0.05) is 23.9 Å². The molecule has 2 aromatic rings. The summed E-state index contributed by atoms with van der Waals surface area (Å²) in [7, 11) is 0. The molecule has 0 bridgehead atoms. The van der Waals surface area contributed by atoms with Gasteiger partial charge in [0, 0.05) is 0 Å². The van der Waals surface area contributed by atoms with Crippen molar-refractivity contribution in [3.05, 3.63) is 24.3 Å². The maximum absolute atomic E-state index is 12.0. The normalized spacial score (nSPS) is 15.3. The molecule has 108 valence electrons. The lowest BCUT2D eigenvalue weighted by Gasteiger charge is -2.25. The fourth-order valence-corrected chi connectivity index (χ4v) is 3.91. The number of benzene rings is 1. The number of fused-ring (bicyclic) bond motifs is 1. The number of rotatable bonds is 3. The Kier molecular flexibility index (Phi) is 3.89. The Morgan fingerprint density at radius 3 is 2.71 bits per heavy atom. The number of hydrogen-bond acceptors (Lipinski definition) is 6. The molecule has 1 N–H and O–H groups in total. The van der Waals surface area contributed by atoms with Crippen LogP contribution in [0.2, 0.25) is 0 Å². The van der Waals surface area contributed by atoms with Gasteiger partial charge >= 0.3 is 0 Å². The van der Waals surface area contributed by atoms with Gasteiger partial charge < -0.3 is 4.90 Å². The van der Waals surface area contributed by atoms with Crippen LogP contribution < -0.4 is 5.32 Å². The summed E-state index contributed by atoms with van der Waals surface area (Å²) in [6.45, 7) is -0.129. The van der Waals surface area contributed by atoms with E-state index in [1.165, 1.54) is 28.0 Å². The van der Waals surface area contributed by atoms with E-state index >= 15 is 0 Å². The van der Waals surface area contributed by atoms with E-state index in [4.69, 9.17) is 0 Å². The van der Waals surface area contributed by atoms with E-state index < -0.39 is 11.8 Å². The number of aromatic nitrogens is 1. The maximum atomic E-state index is 12.0. The van der Waals surface area contributed by atoms with Crippen molar-refractivity contribution in [1.29, 1.82) is 0 Å². The van der Waals surface area contributed by atoms with Gasteiger partial charge in [-0.15, -0.1) is 11.3 Å². The zero-order valence-corrected chi connectivity index (χ0v) is 12.5. The Bertz CT molecular complexity index is 679. The van der Waals surface area contributed by atoms with Crippen molar-refractivity contribution in [1.82, 2.24) is 15.2 Å². The van der Waals surface area contributed by atoms with Crippen LogP contribution in [-0.2, 0) is 14.4 Å². The molecule has 0 unspecified atom stereocenters. The molecule has 0 atom stereocenters. The molecular weight excluding hydrogens is 310 g/mol. The van der Waals surface area contributed by atoms with Crippen molar-refractivity contribution >= 4 is 51.0 Å². The third kappa shape index (κ3) is 3.22. The lowest BCUT2D eigenvalue weighted by molar-refractivity contribution is -0.144. The van der Waals surface area contributed by atoms with E-state index in [1.807, 2.05) is 24.3 Å². The summed E-state index contributed by atoms with van der Waals surface area (Å²) in [5, 5.41) is 2.17. The van der Waals surface area contributed by atoms with Crippen LogP contribution in [0.25, 0.3) is 10.2 Å². The molecular formula is C13H11N3O3S2. The number of para-hydroxylation sites is 1. The summed E-state index contributed by atoms with van der Waals surface area (Å²) in [4.78, 5) is 40.2. The molecule has 3 rings (SSSR count). The smallest absolute Gasteiger partial charge is 0.246 e. The van der Waals surface area contributed by atoms with E-state index in [2.05, 4.69) is 10.3 Å². The zero-order valence-electron chi connectivity index (χ0n) is 10.9. The minimum atomic E-state index is -0.440. The van der Waals surface area contributed by atoms with E-state index in [-0.39, 0.29) is 24.7 Å². The monoisotopic (exact) mass is 321 g/mol.